The van der Waals surface area contributed by atoms with Crippen LogP contribution in [-0.2, 0) is 16.1 Å². The third-order valence-corrected chi connectivity index (χ3v) is 5.23. The average molecular weight is 398 g/mol. The summed E-state index contributed by atoms with van der Waals surface area (Å²) in [6.45, 7) is 5.63. The third kappa shape index (κ3) is 3.77. The maximum Gasteiger partial charge on any atom is 0.225 e. The van der Waals surface area contributed by atoms with E-state index in [1.807, 2.05) is 18.7 Å². The predicted octanol–water partition coefficient (Wildman–Crippen LogP) is 2.21. The topological polar surface area (TPSA) is 78.1 Å². The minimum atomic E-state index is -0.342. The zero-order valence-electron chi connectivity index (χ0n) is 16.5. The number of halogens is 1. The Balaban J connectivity index is 1.61. The second kappa shape index (κ2) is 8.12. The molecule has 1 aromatic carbocycles. The lowest BCUT2D eigenvalue weighted by atomic mass is 10.0. The van der Waals surface area contributed by atoms with Crippen LogP contribution in [0.1, 0.15) is 29.4 Å². The second-order valence-corrected chi connectivity index (χ2v) is 7.03. The van der Waals surface area contributed by atoms with E-state index in [9.17, 15) is 9.18 Å². The predicted molar refractivity (Wildman–Crippen MR) is 103 cm³/mol. The fourth-order valence-corrected chi connectivity index (χ4v) is 3.84. The standard InChI is InChI=1S/C20H23FN6O2/c1-14-20(15(2)27(24-14)17-6-4-3-5-16(17)21)18-11-29-10-9-26(18)19(28)7-8-25-13-22-12-23-25/h3-6,12-13,18H,7-11H2,1-2H3/t18-/m1/s1. The maximum absolute atomic E-state index is 14.3. The third-order valence-electron chi connectivity index (χ3n) is 5.23. The molecule has 0 saturated carbocycles. The number of carbonyl (C=O) groups excluding carboxylic acids is 1. The van der Waals surface area contributed by atoms with Crippen LogP contribution in [0.5, 0.6) is 0 Å². The van der Waals surface area contributed by atoms with Gasteiger partial charge in [0.1, 0.15) is 24.2 Å². The quantitative estimate of drug-likeness (QED) is 0.659. The van der Waals surface area contributed by atoms with Gasteiger partial charge in [0, 0.05) is 24.2 Å². The monoisotopic (exact) mass is 398 g/mol. The number of nitrogens with zero attached hydrogens (tertiary/aromatic N) is 6. The lowest BCUT2D eigenvalue weighted by Gasteiger charge is -2.36. The van der Waals surface area contributed by atoms with E-state index in [1.165, 1.54) is 12.4 Å². The maximum atomic E-state index is 14.3. The van der Waals surface area contributed by atoms with Crippen LogP contribution in [0.25, 0.3) is 5.69 Å². The van der Waals surface area contributed by atoms with Crippen molar-refractivity contribution in [1.29, 1.82) is 0 Å². The molecular formula is C20H23FN6O2. The molecule has 0 N–H and O–H groups in total. The summed E-state index contributed by atoms with van der Waals surface area (Å²) >= 11 is 0. The molecule has 29 heavy (non-hydrogen) atoms. The van der Waals surface area contributed by atoms with E-state index in [2.05, 4.69) is 15.2 Å². The van der Waals surface area contributed by atoms with Crippen molar-refractivity contribution in [1.82, 2.24) is 29.4 Å². The highest BCUT2D eigenvalue weighted by Gasteiger charge is 2.33. The number of carbonyl (C=O) groups is 1. The molecule has 0 bridgehead atoms. The molecule has 1 fully saturated rings. The number of rotatable bonds is 5. The van der Waals surface area contributed by atoms with Crippen molar-refractivity contribution in [3.05, 3.63) is 59.7 Å². The Morgan fingerprint density at radius 3 is 2.90 bits per heavy atom. The molecule has 9 heteroatoms. The van der Waals surface area contributed by atoms with Gasteiger partial charge in [-0.05, 0) is 26.0 Å². The number of para-hydroxylation sites is 1. The molecule has 1 atom stereocenters. The number of hydrogen-bond acceptors (Lipinski definition) is 5. The van der Waals surface area contributed by atoms with Crippen LogP contribution in [0.3, 0.4) is 0 Å². The normalized spacial score (nSPS) is 16.9. The minimum Gasteiger partial charge on any atom is -0.377 e. The van der Waals surface area contributed by atoms with Crippen LogP contribution in [0.2, 0.25) is 0 Å². The zero-order chi connectivity index (χ0) is 20.4. The molecule has 0 spiro atoms. The van der Waals surface area contributed by atoms with Crippen molar-refractivity contribution in [2.75, 3.05) is 19.8 Å². The Labute approximate surface area is 167 Å². The first-order valence-corrected chi connectivity index (χ1v) is 9.57. The number of ether oxygens (including phenoxy) is 1. The number of morpholine rings is 1. The zero-order valence-corrected chi connectivity index (χ0v) is 16.5. The van der Waals surface area contributed by atoms with E-state index in [0.29, 0.717) is 38.4 Å². The molecule has 152 valence electrons. The lowest BCUT2D eigenvalue weighted by molar-refractivity contribution is -0.140. The Kier molecular flexibility index (Phi) is 5.39. The van der Waals surface area contributed by atoms with Gasteiger partial charge in [0.2, 0.25) is 5.91 Å². The molecule has 2 aromatic heterocycles. The number of aryl methyl sites for hydroxylation is 2. The summed E-state index contributed by atoms with van der Waals surface area (Å²) in [7, 11) is 0. The van der Waals surface area contributed by atoms with Crippen molar-refractivity contribution in [3.8, 4) is 5.69 Å². The highest BCUT2D eigenvalue weighted by molar-refractivity contribution is 5.77. The van der Waals surface area contributed by atoms with E-state index in [4.69, 9.17) is 4.74 Å². The molecular weight excluding hydrogens is 375 g/mol. The van der Waals surface area contributed by atoms with Crippen molar-refractivity contribution in [2.45, 2.75) is 32.9 Å². The van der Waals surface area contributed by atoms with Gasteiger partial charge >= 0.3 is 0 Å². The Bertz CT molecular complexity index is 1000. The first-order chi connectivity index (χ1) is 14.1. The van der Waals surface area contributed by atoms with Crippen molar-refractivity contribution >= 4 is 5.91 Å². The largest absolute Gasteiger partial charge is 0.377 e. The van der Waals surface area contributed by atoms with E-state index in [1.54, 1.807) is 33.9 Å². The van der Waals surface area contributed by atoms with Gasteiger partial charge in [-0.3, -0.25) is 9.48 Å². The van der Waals surface area contributed by atoms with Crippen molar-refractivity contribution in [3.63, 3.8) is 0 Å². The van der Waals surface area contributed by atoms with Gasteiger partial charge in [0.25, 0.3) is 0 Å². The molecule has 0 radical (unpaired) electrons. The van der Waals surface area contributed by atoms with Crippen LogP contribution < -0.4 is 0 Å². The summed E-state index contributed by atoms with van der Waals surface area (Å²) in [5.41, 5.74) is 2.86. The molecule has 4 rings (SSSR count). The highest BCUT2D eigenvalue weighted by Crippen LogP contribution is 2.31. The smallest absolute Gasteiger partial charge is 0.225 e. The summed E-state index contributed by atoms with van der Waals surface area (Å²) in [6, 6.07) is 6.27. The summed E-state index contributed by atoms with van der Waals surface area (Å²) in [6.07, 6.45) is 3.36. The van der Waals surface area contributed by atoms with Crippen molar-refractivity contribution < 1.29 is 13.9 Å². The summed E-state index contributed by atoms with van der Waals surface area (Å²) in [5, 5.41) is 8.60. The molecule has 1 saturated heterocycles. The van der Waals surface area contributed by atoms with E-state index < -0.39 is 0 Å². The summed E-state index contributed by atoms with van der Waals surface area (Å²) in [5.74, 6) is -0.323. The van der Waals surface area contributed by atoms with Gasteiger partial charge < -0.3 is 9.64 Å². The van der Waals surface area contributed by atoms with Gasteiger partial charge in [-0.25, -0.2) is 14.1 Å². The molecule has 3 heterocycles. The number of benzene rings is 1. The van der Waals surface area contributed by atoms with Crippen LogP contribution in [0.4, 0.5) is 4.39 Å². The number of aromatic nitrogens is 5. The Hall–Kier alpha value is -3.07. The van der Waals surface area contributed by atoms with E-state index in [-0.39, 0.29) is 17.8 Å². The number of amides is 1. The summed E-state index contributed by atoms with van der Waals surface area (Å²) < 4.78 is 23.2. The molecule has 1 amide bonds. The van der Waals surface area contributed by atoms with E-state index in [0.717, 1.165) is 17.0 Å². The van der Waals surface area contributed by atoms with Crippen LogP contribution in [0, 0.1) is 19.7 Å². The number of hydrogen-bond donors (Lipinski definition) is 0. The van der Waals surface area contributed by atoms with Crippen LogP contribution >= 0.6 is 0 Å². The fourth-order valence-electron chi connectivity index (χ4n) is 3.84. The van der Waals surface area contributed by atoms with Gasteiger partial charge in [0.05, 0.1) is 31.5 Å². The first kappa shape index (κ1) is 19.3. The second-order valence-electron chi connectivity index (χ2n) is 7.03. The molecule has 8 nitrogen and oxygen atoms in total. The van der Waals surface area contributed by atoms with Gasteiger partial charge in [-0.1, -0.05) is 12.1 Å². The van der Waals surface area contributed by atoms with Gasteiger partial charge in [-0.2, -0.15) is 10.2 Å². The SMILES string of the molecule is Cc1nn(-c2ccccc2F)c(C)c1[C@H]1COCCN1C(=O)CCn1cncn1. The van der Waals surface area contributed by atoms with Gasteiger partial charge in [0.15, 0.2) is 0 Å². The molecule has 3 aromatic rings. The summed E-state index contributed by atoms with van der Waals surface area (Å²) in [4.78, 5) is 18.7. The molecule has 0 unspecified atom stereocenters. The first-order valence-electron chi connectivity index (χ1n) is 9.57. The van der Waals surface area contributed by atoms with Crippen LogP contribution in [0.15, 0.2) is 36.9 Å². The molecule has 0 aliphatic carbocycles. The average Bonchev–Trinajstić information content (AvgIpc) is 3.34. The Morgan fingerprint density at radius 2 is 2.14 bits per heavy atom. The van der Waals surface area contributed by atoms with Crippen LogP contribution in [-0.4, -0.2) is 55.1 Å². The molecule has 1 aliphatic rings. The van der Waals surface area contributed by atoms with E-state index >= 15 is 0 Å². The highest BCUT2D eigenvalue weighted by atomic mass is 19.1. The van der Waals surface area contributed by atoms with Crippen molar-refractivity contribution in [2.24, 2.45) is 0 Å². The fraction of sp³-hybridized carbons (Fsp3) is 0.400. The lowest BCUT2D eigenvalue weighted by Crippen LogP contribution is -2.44. The Morgan fingerprint density at radius 1 is 1.31 bits per heavy atom. The van der Waals surface area contributed by atoms with Gasteiger partial charge in [-0.15, -0.1) is 0 Å². The molecule has 1 aliphatic heterocycles. The minimum absolute atomic E-state index is 0.0197.